The van der Waals surface area contributed by atoms with Crippen molar-refractivity contribution in [1.29, 1.82) is 0 Å². The minimum Gasteiger partial charge on any atom is -0.495 e. The summed E-state index contributed by atoms with van der Waals surface area (Å²) in [5, 5.41) is 4.75. The number of fused-ring (bicyclic) bond motifs is 1. The Balaban J connectivity index is 1.66. The van der Waals surface area contributed by atoms with Gasteiger partial charge in [0, 0.05) is 35.5 Å². The minimum absolute atomic E-state index is 0.115. The van der Waals surface area contributed by atoms with Crippen LogP contribution in [0.5, 0.6) is 5.75 Å². The number of sulfone groups is 1. The third-order valence-electron chi connectivity index (χ3n) is 5.51. The Hall–Kier alpha value is -3.95. The molecule has 3 aromatic heterocycles. The van der Waals surface area contributed by atoms with Gasteiger partial charge in [0.2, 0.25) is 0 Å². The Kier molecular flexibility index (Phi) is 5.88. The molecule has 0 saturated carbocycles. The van der Waals surface area contributed by atoms with Crippen LogP contribution in [0.4, 0.5) is 0 Å². The van der Waals surface area contributed by atoms with Crippen LogP contribution < -0.4 is 10.3 Å². The lowest BCUT2D eigenvalue weighted by molar-refractivity contribution is 0.413. The molecule has 35 heavy (non-hydrogen) atoms. The fraction of sp³-hybridized carbons (Fsp3) is 0.0800. The second kappa shape index (κ2) is 9.01. The van der Waals surface area contributed by atoms with Crippen LogP contribution in [0, 0.1) is 0 Å². The van der Waals surface area contributed by atoms with Gasteiger partial charge in [0.05, 0.1) is 33.9 Å². The second-order valence-corrected chi connectivity index (χ2v) is 10.2. The van der Waals surface area contributed by atoms with E-state index in [4.69, 9.17) is 20.9 Å². The van der Waals surface area contributed by atoms with E-state index in [9.17, 15) is 13.2 Å². The summed E-state index contributed by atoms with van der Waals surface area (Å²) in [5.74, 6) is 0.180. The molecule has 5 aromatic rings. The fourth-order valence-electron chi connectivity index (χ4n) is 3.87. The third kappa shape index (κ3) is 4.43. The first-order valence-electron chi connectivity index (χ1n) is 10.4. The molecule has 10 heteroatoms. The first kappa shape index (κ1) is 22.8. The van der Waals surface area contributed by atoms with E-state index in [0.29, 0.717) is 33.1 Å². The van der Waals surface area contributed by atoms with Crippen LogP contribution in [-0.2, 0) is 15.6 Å². The molecule has 0 aliphatic rings. The molecule has 3 heterocycles. The quantitative estimate of drug-likeness (QED) is 0.328. The highest BCUT2D eigenvalue weighted by molar-refractivity contribution is 7.90. The summed E-state index contributed by atoms with van der Waals surface area (Å²) in [7, 11) is -2.16. The van der Waals surface area contributed by atoms with E-state index in [-0.39, 0.29) is 16.2 Å². The van der Waals surface area contributed by atoms with E-state index in [1.165, 1.54) is 42.2 Å². The SMILES string of the molecule is COc1ccc(-c2cncc(Cl)c2)cc1-n1c(=O)ccc2cc(S(=O)(=O)Cc3ccon3)ccc21. The number of hydrogen-bond acceptors (Lipinski definition) is 7. The topological polar surface area (TPSA) is 104 Å². The van der Waals surface area contributed by atoms with Crippen molar-refractivity contribution in [3.05, 3.63) is 100 Å². The molecule has 8 nitrogen and oxygen atoms in total. The van der Waals surface area contributed by atoms with E-state index < -0.39 is 9.84 Å². The molecule has 0 radical (unpaired) electrons. The second-order valence-electron chi connectivity index (χ2n) is 7.76. The number of nitrogens with zero attached hydrogens (tertiary/aromatic N) is 3. The van der Waals surface area contributed by atoms with Gasteiger partial charge in [-0.1, -0.05) is 22.8 Å². The van der Waals surface area contributed by atoms with Crippen molar-refractivity contribution in [2.75, 3.05) is 7.11 Å². The van der Waals surface area contributed by atoms with Crippen molar-refractivity contribution in [1.82, 2.24) is 14.7 Å². The normalized spacial score (nSPS) is 11.6. The van der Waals surface area contributed by atoms with E-state index in [0.717, 1.165) is 11.1 Å². The zero-order valence-corrected chi connectivity index (χ0v) is 20.0. The van der Waals surface area contributed by atoms with E-state index in [1.54, 1.807) is 36.7 Å². The predicted molar refractivity (Wildman–Crippen MR) is 132 cm³/mol. The molecule has 0 aliphatic heterocycles. The predicted octanol–water partition coefficient (Wildman–Crippen LogP) is 4.68. The Labute approximate surface area is 205 Å². The number of hydrogen-bond donors (Lipinski definition) is 0. The van der Waals surface area contributed by atoms with Crippen LogP contribution in [0.1, 0.15) is 5.69 Å². The highest BCUT2D eigenvalue weighted by Gasteiger charge is 2.19. The first-order chi connectivity index (χ1) is 16.9. The summed E-state index contributed by atoms with van der Waals surface area (Å²) in [5.41, 5.74) is 2.60. The van der Waals surface area contributed by atoms with Gasteiger partial charge in [-0.3, -0.25) is 14.3 Å². The maximum atomic E-state index is 13.0. The Morgan fingerprint density at radius 2 is 1.86 bits per heavy atom. The van der Waals surface area contributed by atoms with Gasteiger partial charge < -0.3 is 9.26 Å². The molecule has 2 aromatic carbocycles. The van der Waals surface area contributed by atoms with Gasteiger partial charge in [0.15, 0.2) is 9.84 Å². The van der Waals surface area contributed by atoms with Crippen molar-refractivity contribution in [2.45, 2.75) is 10.6 Å². The lowest BCUT2D eigenvalue weighted by atomic mass is 10.1. The van der Waals surface area contributed by atoms with Gasteiger partial charge >= 0.3 is 0 Å². The van der Waals surface area contributed by atoms with Gasteiger partial charge in [-0.15, -0.1) is 0 Å². The van der Waals surface area contributed by atoms with Crippen molar-refractivity contribution >= 4 is 32.3 Å². The number of methoxy groups -OCH3 is 1. The highest BCUT2D eigenvalue weighted by Crippen LogP contribution is 2.32. The third-order valence-corrected chi connectivity index (χ3v) is 7.37. The molecule has 0 spiro atoms. The Morgan fingerprint density at radius 1 is 1.00 bits per heavy atom. The van der Waals surface area contributed by atoms with Crippen LogP contribution in [0.3, 0.4) is 0 Å². The maximum absolute atomic E-state index is 13.0. The van der Waals surface area contributed by atoms with E-state index in [2.05, 4.69) is 10.1 Å². The standard InChI is InChI=1S/C25H18ClN3O5S/c1-33-24-6-2-16(18-10-19(26)14-27-13-18)12-23(24)29-22-5-4-21(11-17(22)3-7-25(29)30)35(31,32)15-20-8-9-34-28-20/h2-14H,15H2,1H3. The highest BCUT2D eigenvalue weighted by atomic mass is 35.5. The smallest absolute Gasteiger partial charge is 0.255 e. The van der Waals surface area contributed by atoms with Crippen LogP contribution in [0.25, 0.3) is 27.7 Å². The Morgan fingerprint density at radius 3 is 2.60 bits per heavy atom. The monoisotopic (exact) mass is 507 g/mol. The van der Waals surface area contributed by atoms with Crippen LogP contribution >= 0.6 is 11.6 Å². The summed E-state index contributed by atoms with van der Waals surface area (Å²) >= 11 is 6.11. The fourth-order valence-corrected chi connectivity index (χ4v) is 5.33. The van der Waals surface area contributed by atoms with E-state index in [1.807, 2.05) is 12.1 Å². The molecular formula is C25H18ClN3O5S. The zero-order chi connectivity index (χ0) is 24.6. The first-order valence-corrected chi connectivity index (χ1v) is 12.5. The van der Waals surface area contributed by atoms with Crippen LogP contribution in [0.15, 0.2) is 93.5 Å². The van der Waals surface area contributed by atoms with Crippen molar-refractivity contribution in [2.24, 2.45) is 0 Å². The summed E-state index contributed by atoms with van der Waals surface area (Å²) in [6.07, 6.45) is 4.54. The van der Waals surface area contributed by atoms with Gasteiger partial charge in [0.1, 0.15) is 17.8 Å². The minimum atomic E-state index is -3.68. The molecule has 176 valence electrons. The number of rotatable bonds is 6. The number of aromatic nitrogens is 3. The molecule has 0 fully saturated rings. The summed E-state index contributed by atoms with van der Waals surface area (Å²) < 4.78 is 37.6. The van der Waals surface area contributed by atoms with Crippen molar-refractivity contribution in [3.8, 4) is 22.6 Å². The largest absolute Gasteiger partial charge is 0.495 e. The summed E-state index contributed by atoms with van der Waals surface area (Å²) in [6, 6.07) is 16.3. The number of pyridine rings is 2. The van der Waals surface area contributed by atoms with Crippen molar-refractivity contribution in [3.63, 3.8) is 0 Å². The summed E-state index contributed by atoms with van der Waals surface area (Å²) in [6.45, 7) is 0. The van der Waals surface area contributed by atoms with Gasteiger partial charge in [-0.2, -0.15) is 0 Å². The molecule has 0 unspecified atom stereocenters. The molecular weight excluding hydrogens is 490 g/mol. The van der Waals surface area contributed by atoms with Gasteiger partial charge in [0.25, 0.3) is 5.56 Å². The van der Waals surface area contributed by atoms with Gasteiger partial charge in [-0.05, 0) is 48.0 Å². The summed E-state index contributed by atoms with van der Waals surface area (Å²) in [4.78, 5) is 17.3. The number of ether oxygens (including phenoxy) is 1. The molecule has 0 atom stereocenters. The number of benzene rings is 2. The van der Waals surface area contributed by atoms with Crippen LogP contribution in [-0.4, -0.2) is 30.2 Å². The van der Waals surface area contributed by atoms with Crippen LogP contribution in [0.2, 0.25) is 5.02 Å². The molecule has 0 aliphatic carbocycles. The molecule has 0 N–H and O–H groups in total. The lowest BCUT2D eigenvalue weighted by Gasteiger charge is -2.16. The van der Waals surface area contributed by atoms with E-state index >= 15 is 0 Å². The van der Waals surface area contributed by atoms with Crippen molar-refractivity contribution < 1.29 is 17.7 Å². The lowest BCUT2D eigenvalue weighted by Crippen LogP contribution is -2.18. The zero-order valence-electron chi connectivity index (χ0n) is 18.4. The average molecular weight is 508 g/mol. The molecule has 0 amide bonds. The molecule has 5 rings (SSSR count). The average Bonchev–Trinajstić information content (AvgIpc) is 3.35. The number of halogens is 1. The Bertz CT molecular complexity index is 1710. The maximum Gasteiger partial charge on any atom is 0.255 e. The van der Waals surface area contributed by atoms with Gasteiger partial charge in [-0.25, -0.2) is 8.42 Å². The molecule has 0 saturated heterocycles. The molecule has 0 bridgehead atoms.